The maximum absolute atomic E-state index is 11.6. The normalized spacial score (nSPS) is 21.2. The Kier molecular flexibility index (Phi) is 3.75. The minimum Gasteiger partial charge on any atom is -0.325 e. The Hall–Kier alpha value is -0.870. The number of amides is 1. The Morgan fingerprint density at radius 2 is 2.60 bits per heavy atom. The average Bonchev–Trinajstić information content (AvgIpc) is 2.71. The molecule has 82 valence electrons. The molecule has 1 atom stereocenters. The van der Waals surface area contributed by atoms with Crippen molar-refractivity contribution in [3.05, 3.63) is 16.8 Å². The van der Waals surface area contributed by atoms with Gasteiger partial charge in [0.15, 0.2) is 0 Å². The van der Waals surface area contributed by atoms with Crippen LogP contribution in [0.3, 0.4) is 0 Å². The van der Waals surface area contributed by atoms with E-state index in [-0.39, 0.29) is 5.91 Å². The number of carbonyl (C=O) groups excluding carboxylic acids is 1. The molecule has 1 amide bonds. The van der Waals surface area contributed by atoms with Crippen LogP contribution in [-0.4, -0.2) is 19.0 Å². The molecule has 1 aromatic rings. The number of hydrogen-bond donors (Lipinski definition) is 2. The standard InChI is InChI=1S/C11H16N2OS/c14-11(13-10-3-5-15-8-10)6-9-2-1-4-12-7-9/h3,5,8-9,12H,1-2,4,6-7H2,(H,13,14). The van der Waals surface area contributed by atoms with Gasteiger partial charge in [-0.05, 0) is 43.3 Å². The van der Waals surface area contributed by atoms with Crippen molar-refractivity contribution in [1.82, 2.24) is 5.32 Å². The highest BCUT2D eigenvalue weighted by Gasteiger charge is 2.16. The third kappa shape index (κ3) is 3.32. The van der Waals surface area contributed by atoms with Gasteiger partial charge < -0.3 is 10.6 Å². The molecule has 1 saturated heterocycles. The van der Waals surface area contributed by atoms with Crippen molar-refractivity contribution in [2.75, 3.05) is 18.4 Å². The van der Waals surface area contributed by atoms with Crippen LogP contribution in [0.1, 0.15) is 19.3 Å². The van der Waals surface area contributed by atoms with Crippen LogP contribution >= 0.6 is 11.3 Å². The van der Waals surface area contributed by atoms with Crippen LogP contribution < -0.4 is 10.6 Å². The first kappa shape index (κ1) is 10.6. The Balaban J connectivity index is 1.76. The lowest BCUT2D eigenvalue weighted by atomic mass is 9.96. The van der Waals surface area contributed by atoms with E-state index in [1.807, 2.05) is 16.8 Å². The molecule has 2 heterocycles. The van der Waals surface area contributed by atoms with Crippen LogP contribution in [0.2, 0.25) is 0 Å². The van der Waals surface area contributed by atoms with Crippen molar-refractivity contribution in [3.63, 3.8) is 0 Å². The third-order valence-corrected chi connectivity index (χ3v) is 3.36. The highest BCUT2D eigenvalue weighted by atomic mass is 32.1. The van der Waals surface area contributed by atoms with E-state index in [9.17, 15) is 4.79 Å². The van der Waals surface area contributed by atoms with Gasteiger partial charge in [0.05, 0.1) is 5.69 Å². The van der Waals surface area contributed by atoms with Crippen LogP contribution in [0, 0.1) is 5.92 Å². The van der Waals surface area contributed by atoms with Crippen molar-refractivity contribution in [2.24, 2.45) is 5.92 Å². The first-order valence-electron chi connectivity index (χ1n) is 5.37. The van der Waals surface area contributed by atoms with Crippen LogP contribution in [0.4, 0.5) is 5.69 Å². The van der Waals surface area contributed by atoms with Gasteiger partial charge in [-0.15, -0.1) is 0 Å². The van der Waals surface area contributed by atoms with Crippen molar-refractivity contribution in [3.8, 4) is 0 Å². The smallest absolute Gasteiger partial charge is 0.224 e. The Morgan fingerprint density at radius 1 is 1.67 bits per heavy atom. The van der Waals surface area contributed by atoms with Gasteiger partial charge in [0.2, 0.25) is 5.91 Å². The highest BCUT2D eigenvalue weighted by Crippen LogP contribution is 2.16. The number of nitrogens with one attached hydrogen (secondary N) is 2. The molecule has 1 aromatic heterocycles. The molecule has 0 bridgehead atoms. The second-order valence-electron chi connectivity index (χ2n) is 3.98. The Labute approximate surface area is 93.9 Å². The van der Waals surface area contributed by atoms with E-state index in [0.717, 1.165) is 18.8 Å². The molecular weight excluding hydrogens is 208 g/mol. The lowest BCUT2D eigenvalue weighted by Gasteiger charge is -2.21. The monoisotopic (exact) mass is 224 g/mol. The fraction of sp³-hybridized carbons (Fsp3) is 0.545. The maximum Gasteiger partial charge on any atom is 0.224 e. The Morgan fingerprint density at radius 3 is 3.27 bits per heavy atom. The molecule has 0 saturated carbocycles. The summed E-state index contributed by atoms with van der Waals surface area (Å²) in [5.74, 6) is 0.652. The lowest BCUT2D eigenvalue weighted by Crippen LogP contribution is -2.32. The predicted molar refractivity (Wildman–Crippen MR) is 63.2 cm³/mol. The van der Waals surface area contributed by atoms with Crippen LogP contribution in [0.5, 0.6) is 0 Å². The molecule has 0 spiro atoms. The average molecular weight is 224 g/mol. The van der Waals surface area contributed by atoms with Gasteiger partial charge in [0, 0.05) is 11.8 Å². The van der Waals surface area contributed by atoms with E-state index in [0.29, 0.717) is 12.3 Å². The van der Waals surface area contributed by atoms with Gasteiger partial charge in [-0.2, -0.15) is 11.3 Å². The summed E-state index contributed by atoms with van der Waals surface area (Å²) in [5.41, 5.74) is 0.925. The molecule has 15 heavy (non-hydrogen) atoms. The lowest BCUT2D eigenvalue weighted by molar-refractivity contribution is -0.117. The quantitative estimate of drug-likeness (QED) is 0.825. The van der Waals surface area contributed by atoms with Crippen molar-refractivity contribution < 1.29 is 4.79 Å². The van der Waals surface area contributed by atoms with Crippen molar-refractivity contribution in [1.29, 1.82) is 0 Å². The fourth-order valence-corrected chi connectivity index (χ4v) is 2.50. The molecule has 1 aliphatic heterocycles. The number of hydrogen-bond acceptors (Lipinski definition) is 3. The van der Waals surface area contributed by atoms with Gasteiger partial charge in [-0.3, -0.25) is 4.79 Å². The van der Waals surface area contributed by atoms with Crippen LogP contribution in [0.25, 0.3) is 0 Å². The third-order valence-electron chi connectivity index (χ3n) is 2.68. The summed E-state index contributed by atoms with van der Waals surface area (Å²) in [6.07, 6.45) is 3.00. The minimum atomic E-state index is 0.141. The molecule has 2 N–H and O–H groups in total. The van der Waals surface area contributed by atoms with E-state index in [1.165, 1.54) is 12.8 Å². The van der Waals surface area contributed by atoms with Crippen molar-refractivity contribution in [2.45, 2.75) is 19.3 Å². The number of thiophene rings is 1. The number of carbonyl (C=O) groups is 1. The van der Waals surface area contributed by atoms with Gasteiger partial charge >= 0.3 is 0 Å². The summed E-state index contributed by atoms with van der Waals surface area (Å²) in [4.78, 5) is 11.6. The van der Waals surface area contributed by atoms with E-state index in [1.54, 1.807) is 11.3 Å². The maximum atomic E-state index is 11.6. The second-order valence-corrected chi connectivity index (χ2v) is 4.76. The fourth-order valence-electron chi connectivity index (χ4n) is 1.91. The summed E-state index contributed by atoms with van der Waals surface area (Å²) < 4.78 is 0. The summed E-state index contributed by atoms with van der Waals surface area (Å²) in [5, 5.41) is 10.2. The van der Waals surface area contributed by atoms with Crippen LogP contribution in [-0.2, 0) is 4.79 Å². The molecule has 4 heteroatoms. The highest BCUT2D eigenvalue weighted by molar-refractivity contribution is 7.08. The number of rotatable bonds is 3. The molecule has 1 unspecified atom stereocenters. The molecule has 0 aliphatic carbocycles. The summed E-state index contributed by atoms with van der Waals surface area (Å²) in [6, 6.07) is 1.93. The summed E-state index contributed by atoms with van der Waals surface area (Å²) >= 11 is 1.60. The number of piperidine rings is 1. The van der Waals surface area contributed by atoms with E-state index in [2.05, 4.69) is 10.6 Å². The molecule has 0 aromatic carbocycles. The molecular formula is C11H16N2OS. The predicted octanol–water partition coefficient (Wildman–Crippen LogP) is 2.08. The zero-order valence-corrected chi connectivity index (χ0v) is 9.48. The first-order valence-corrected chi connectivity index (χ1v) is 6.31. The molecule has 0 radical (unpaired) electrons. The van der Waals surface area contributed by atoms with E-state index in [4.69, 9.17) is 0 Å². The summed E-state index contributed by atoms with van der Waals surface area (Å²) in [6.45, 7) is 2.08. The molecule has 2 rings (SSSR count). The molecule has 3 nitrogen and oxygen atoms in total. The Bertz CT molecular complexity index is 304. The molecule has 1 fully saturated rings. The number of anilines is 1. The second kappa shape index (κ2) is 5.28. The zero-order chi connectivity index (χ0) is 10.5. The van der Waals surface area contributed by atoms with Gasteiger partial charge in [0.25, 0.3) is 0 Å². The first-order chi connectivity index (χ1) is 7.34. The van der Waals surface area contributed by atoms with Gasteiger partial charge in [0.1, 0.15) is 0 Å². The minimum absolute atomic E-state index is 0.141. The van der Waals surface area contributed by atoms with Crippen molar-refractivity contribution >= 4 is 22.9 Å². The molecule has 1 aliphatic rings. The topological polar surface area (TPSA) is 41.1 Å². The van der Waals surface area contributed by atoms with E-state index < -0.39 is 0 Å². The SMILES string of the molecule is O=C(CC1CCCNC1)Nc1ccsc1. The van der Waals surface area contributed by atoms with E-state index >= 15 is 0 Å². The van der Waals surface area contributed by atoms with Gasteiger partial charge in [-0.1, -0.05) is 0 Å². The van der Waals surface area contributed by atoms with Crippen LogP contribution in [0.15, 0.2) is 16.8 Å². The summed E-state index contributed by atoms with van der Waals surface area (Å²) in [7, 11) is 0. The van der Waals surface area contributed by atoms with Gasteiger partial charge in [-0.25, -0.2) is 0 Å². The zero-order valence-electron chi connectivity index (χ0n) is 8.66. The largest absolute Gasteiger partial charge is 0.325 e.